The Kier molecular flexibility index (Phi) is 10.3. The smallest absolute Gasteiger partial charge is 0.242 e. The molecule has 0 saturated carbocycles. The number of hydrogen-bond donors (Lipinski definition) is 1. The van der Waals surface area contributed by atoms with Crippen LogP contribution in [0.3, 0.4) is 0 Å². The Morgan fingerprint density at radius 1 is 1.03 bits per heavy atom. The highest BCUT2D eigenvalue weighted by Crippen LogP contribution is 2.29. The third-order valence-corrected chi connectivity index (χ3v) is 6.34. The molecule has 0 fully saturated rings. The second kappa shape index (κ2) is 12.7. The Morgan fingerprint density at radius 3 is 2.24 bits per heavy atom. The van der Waals surface area contributed by atoms with Crippen LogP contribution in [0.2, 0.25) is 10.0 Å². The number of rotatable bonds is 11. The maximum Gasteiger partial charge on any atom is 0.242 e. The lowest BCUT2D eigenvalue weighted by molar-refractivity contribution is -0.140. The molecule has 0 aliphatic carbocycles. The van der Waals surface area contributed by atoms with Gasteiger partial charge in [0.15, 0.2) is 11.5 Å². The molecular weight excluding hydrogens is 463 g/mol. The van der Waals surface area contributed by atoms with E-state index < -0.39 is 6.04 Å². The van der Waals surface area contributed by atoms with Crippen LogP contribution in [0.25, 0.3) is 0 Å². The molecule has 0 saturated heterocycles. The van der Waals surface area contributed by atoms with Gasteiger partial charge in [0, 0.05) is 34.6 Å². The molecule has 6 nitrogen and oxygen atoms in total. The second-order valence-electron chi connectivity index (χ2n) is 7.91. The minimum atomic E-state index is -0.691. The van der Waals surface area contributed by atoms with Gasteiger partial charge < -0.3 is 19.7 Å². The van der Waals surface area contributed by atoms with Gasteiger partial charge in [-0.15, -0.1) is 0 Å². The molecule has 0 aromatic heterocycles. The van der Waals surface area contributed by atoms with Crippen molar-refractivity contribution in [2.24, 2.45) is 0 Å². The molecule has 0 aliphatic rings. The summed E-state index contributed by atoms with van der Waals surface area (Å²) in [5.41, 5.74) is 1.54. The molecule has 0 unspecified atom stereocenters. The summed E-state index contributed by atoms with van der Waals surface area (Å²) < 4.78 is 10.6. The molecule has 2 aromatic rings. The minimum absolute atomic E-state index is 0.00701. The van der Waals surface area contributed by atoms with Crippen molar-refractivity contribution in [3.05, 3.63) is 57.6 Å². The SMILES string of the molecule is CC[C@@H](C)NC(=O)[C@H](C)N(Cc1c(Cl)cccc1Cl)C(=O)CCc1ccc(OC)c(OC)c1. The third-order valence-electron chi connectivity index (χ3n) is 5.63. The van der Waals surface area contributed by atoms with E-state index in [1.165, 1.54) is 4.90 Å². The standard InChI is InChI=1S/C25H32Cl2N2O4/c1-6-16(2)28-25(31)17(3)29(15-19-20(26)8-7-9-21(19)27)24(30)13-11-18-10-12-22(32-4)23(14-18)33-5/h7-10,12,14,16-17H,6,11,13,15H2,1-5H3,(H,28,31)/t16-,17+/m1/s1. The lowest BCUT2D eigenvalue weighted by Gasteiger charge is -2.30. The molecule has 0 bridgehead atoms. The average Bonchev–Trinajstić information content (AvgIpc) is 2.81. The van der Waals surface area contributed by atoms with Gasteiger partial charge in [-0.05, 0) is 56.5 Å². The number of ether oxygens (including phenoxy) is 2. The van der Waals surface area contributed by atoms with Gasteiger partial charge in [0.25, 0.3) is 0 Å². The lowest BCUT2D eigenvalue weighted by atomic mass is 10.1. The summed E-state index contributed by atoms with van der Waals surface area (Å²) in [6.07, 6.45) is 1.48. The molecule has 180 valence electrons. The first-order chi connectivity index (χ1) is 15.7. The lowest BCUT2D eigenvalue weighted by Crippen LogP contribution is -2.49. The van der Waals surface area contributed by atoms with Crippen LogP contribution < -0.4 is 14.8 Å². The molecular formula is C25H32Cl2N2O4. The predicted molar refractivity (Wildman–Crippen MR) is 132 cm³/mol. The first-order valence-corrected chi connectivity index (χ1v) is 11.7. The molecule has 2 amide bonds. The second-order valence-corrected chi connectivity index (χ2v) is 8.72. The molecule has 2 rings (SSSR count). The van der Waals surface area contributed by atoms with E-state index in [1.54, 1.807) is 39.3 Å². The van der Waals surface area contributed by atoms with Gasteiger partial charge >= 0.3 is 0 Å². The van der Waals surface area contributed by atoms with E-state index >= 15 is 0 Å². The molecule has 2 aromatic carbocycles. The van der Waals surface area contributed by atoms with Crippen molar-refractivity contribution in [1.82, 2.24) is 10.2 Å². The monoisotopic (exact) mass is 494 g/mol. The summed E-state index contributed by atoms with van der Waals surface area (Å²) in [6, 6.07) is 10.1. The Bertz CT molecular complexity index is 947. The van der Waals surface area contributed by atoms with Crippen LogP contribution in [0, 0.1) is 0 Å². The van der Waals surface area contributed by atoms with Crippen molar-refractivity contribution in [3.63, 3.8) is 0 Å². The summed E-state index contributed by atoms with van der Waals surface area (Å²) in [7, 11) is 3.14. The van der Waals surface area contributed by atoms with Crippen LogP contribution in [-0.4, -0.2) is 43.0 Å². The quantitative estimate of drug-likeness (QED) is 0.461. The molecule has 33 heavy (non-hydrogen) atoms. The molecule has 8 heteroatoms. The summed E-state index contributed by atoms with van der Waals surface area (Å²) >= 11 is 12.7. The molecule has 2 atom stereocenters. The van der Waals surface area contributed by atoms with E-state index in [4.69, 9.17) is 32.7 Å². The third kappa shape index (κ3) is 7.27. The zero-order chi connectivity index (χ0) is 24.5. The summed E-state index contributed by atoms with van der Waals surface area (Å²) in [5, 5.41) is 3.86. The normalized spacial score (nSPS) is 12.6. The Labute approximate surface area is 206 Å². The predicted octanol–water partition coefficient (Wildman–Crippen LogP) is 5.28. The van der Waals surface area contributed by atoms with Crippen LogP contribution in [0.5, 0.6) is 11.5 Å². The fourth-order valence-electron chi connectivity index (χ4n) is 3.33. The zero-order valence-electron chi connectivity index (χ0n) is 19.8. The highest BCUT2D eigenvalue weighted by molar-refractivity contribution is 6.36. The van der Waals surface area contributed by atoms with Gasteiger partial charge in [-0.3, -0.25) is 9.59 Å². The van der Waals surface area contributed by atoms with E-state index in [2.05, 4.69) is 5.32 Å². The Morgan fingerprint density at radius 2 is 1.67 bits per heavy atom. The number of amides is 2. The first-order valence-electron chi connectivity index (χ1n) is 10.9. The van der Waals surface area contributed by atoms with Gasteiger partial charge in [-0.25, -0.2) is 0 Å². The fraction of sp³-hybridized carbons (Fsp3) is 0.440. The average molecular weight is 495 g/mol. The molecule has 0 aliphatic heterocycles. The van der Waals surface area contributed by atoms with Gasteiger partial charge in [0.2, 0.25) is 11.8 Å². The number of carbonyl (C=O) groups excluding carboxylic acids is 2. The number of benzene rings is 2. The van der Waals surface area contributed by atoms with Crippen molar-refractivity contribution >= 4 is 35.0 Å². The van der Waals surface area contributed by atoms with Gasteiger partial charge in [-0.1, -0.05) is 42.3 Å². The molecule has 0 heterocycles. The van der Waals surface area contributed by atoms with E-state index in [0.717, 1.165) is 12.0 Å². The van der Waals surface area contributed by atoms with Gasteiger partial charge in [-0.2, -0.15) is 0 Å². The highest BCUT2D eigenvalue weighted by atomic mass is 35.5. The van der Waals surface area contributed by atoms with Gasteiger partial charge in [0.05, 0.1) is 14.2 Å². The topological polar surface area (TPSA) is 67.9 Å². The van der Waals surface area contributed by atoms with E-state index in [1.807, 2.05) is 32.0 Å². The molecule has 1 N–H and O–H groups in total. The molecule has 0 spiro atoms. The van der Waals surface area contributed by atoms with Crippen molar-refractivity contribution in [2.45, 2.75) is 58.7 Å². The van der Waals surface area contributed by atoms with Crippen LogP contribution >= 0.6 is 23.2 Å². The summed E-state index contributed by atoms with van der Waals surface area (Å²) in [6.45, 7) is 5.78. The van der Waals surface area contributed by atoms with Crippen LogP contribution in [-0.2, 0) is 22.6 Å². The number of aryl methyl sites for hydroxylation is 1. The maximum atomic E-state index is 13.3. The number of methoxy groups -OCH3 is 2. The number of nitrogens with zero attached hydrogens (tertiary/aromatic N) is 1. The van der Waals surface area contributed by atoms with Crippen molar-refractivity contribution in [1.29, 1.82) is 0 Å². The van der Waals surface area contributed by atoms with Gasteiger partial charge in [0.1, 0.15) is 6.04 Å². The largest absolute Gasteiger partial charge is 0.493 e. The number of carbonyl (C=O) groups is 2. The van der Waals surface area contributed by atoms with E-state index in [-0.39, 0.29) is 30.8 Å². The van der Waals surface area contributed by atoms with Crippen molar-refractivity contribution < 1.29 is 19.1 Å². The van der Waals surface area contributed by atoms with Crippen molar-refractivity contribution in [3.8, 4) is 11.5 Å². The van der Waals surface area contributed by atoms with E-state index in [0.29, 0.717) is 33.5 Å². The number of halogens is 2. The summed E-state index contributed by atoms with van der Waals surface area (Å²) in [4.78, 5) is 27.7. The fourth-order valence-corrected chi connectivity index (χ4v) is 3.85. The number of hydrogen-bond acceptors (Lipinski definition) is 4. The summed E-state index contributed by atoms with van der Waals surface area (Å²) in [5.74, 6) is 0.834. The van der Waals surface area contributed by atoms with Crippen LogP contribution in [0.15, 0.2) is 36.4 Å². The Balaban J connectivity index is 2.24. The Hall–Kier alpha value is -2.44. The highest BCUT2D eigenvalue weighted by Gasteiger charge is 2.28. The zero-order valence-corrected chi connectivity index (χ0v) is 21.3. The first kappa shape index (κ1) is 26.8. The number of nitrogens with one attached hydrogen (secondary N) is 1. The minimum Gasteiger partial charge on any atom is -0.493 e. The van der Waals surface area contributed by atoms with Crippen LogP contribution in [0.4, 0.5) is 0 Å². The van der Waals surface area contributed by atoms with Crippen LogP contribution in [0.1, 0.15) is 44.7 Å². The molecule has 0 radical (unpaired) electrons. The maximum absolute atomic E-state index is 13.3. The van der Waals surface area contributed by atoms with Crippen molar-refractivity contribution in [2.75, 3.05) is 14.2 Å². The van der Waals surface area contributed by atoms with E-state index in [9.17, 15) is 9.59 Å².